The maximum absolute atomic E-state index is 14.5. The molecule has 32 heavy (non-hydrogen) atoms. The highest BCUT2D eigenvalue weighted by atomic mass is 19.1. The molecule has 3 fully saturated rings. The van der Waals surface area contributed by atoms with Crippen molar-refractivity contribution in [2.24, 2.45) is 11.7 Å². The Morgan fingerprint density at radius 1 is 1.25 bits per heavy atom. The molecular weight excluding hydrogens is 407 g/mol. The molecule has 5 heterocycles. The molecule has 0 amide bonds. The molecule has 3 aliphatic rings. The molecule has 2 saturated heterocycles. The number of H-pyrrole nitrogens is 1. The van der Waals surface area contributed by atoms with E-state index in [0.717, 1.165) is 53.6 Å². The zero-order valence-electron chi connectivity index (χ0n) is 17.8. The van der Waals surface area contributed by atoms with Gasteiger partial charge in [-0.3, -0.25) is 4.98 Å². The van der Waals surface area contributed by atoms with Gasteiger partial charge in [-0.1, -0.05) is 0 Å². The Hall–Kier alpha value is -3.46. The Balaban J connectivity index is 1.57. The van der Waals surface area contributed by atoms with Gasteiger partial charge in [-0.2, -0.15) is 9.97 Å². The molecule has 8 nitrogen and oxygen atoms in total. The van der Waals surface area contributed by atoms with Gasteiger partial charge in [0.05, 0.1) is 28.5 Å². The van der Waals surface area contributed by atoms with Gasteiger partial charge in [0, 0.05) is 37.3 Å². The number of rotatable bonds is 4. The Morgan fingerprint density at radius 2 is 2.16 bits per heavy atom. The number of aromatic amines is 1. The fourth-order valence-corrected chi connectivity index (χ4v) is 5.29. The van der Waals surface area contributed by atoms with Gasteiger partial charge in [-0.05, 0) is 49.4 Å². The highest BCUT2D eigenvalue weighted by Gasteiger charge is 2.40. The minimum absolute atomic E-state index is 0.228. The molecule has 3 atom stereocenters. The van der Waals surface area contributed by atoms with Gasteiger partial charge in [0.2, 0.25) is 5.95 Å². The quantitative estimate of drug-likeness (QED) is 0.389. The van der Waals surface area contributed by atoms with E-state index in [4.69, 9.17) is 15.7 Å². The minimum atomic E-state index is -0.298. The van der Waals surface area contributed by atoms with Crippen molar-refractivity contribution in [3.63, 3.8) is 0 Å². The summed E-state index contributed by atoms with van der Waals surface area (Å²) in [4.78, 5) is 19.6. The molecule has 1 saturated carbocycles. The Bertz CT molecular complexity index is 1300. The van der Waals surface area contributed by atoms with Crippen molar-refractivity contribution in [1.29, 1.82) is 0 Å². The first kappa shape index (κ1) is 19.2. The number of fused-ring (bicyclic) bond motifs is 6. The molecule has 2 bridgehead atoms. The fraction of sp³-hybridized carbons (Fsp3) is 0.348. The first-order chi connectivity index (χ1) is 15.6. The summed E-state index contributed by atoms with van der Waals surface area (Å²) in [5, 5.41) is 7.97. The van der Waals surface area contributed by atoms with Crippen LogP contribution >= 0.6 is 0 Å². The lowest BCUT2D eigenvalue weighted by Gasteiger charge is -2.49. The van der Waals surface area contributed by atoms with E-state index in [1.165, 1.54) is 6.07 Å². The molecule has 3 aromatic heterocycles. The topological polar surface area (TPSA) is 108 Å². The van der Waals surface area contributed by atoms with Crippen molar-refractivity contribution >= 4 is 45.1 Å². The van der Waals surface area contributed by atoms with E-state index in [9.17, 15) is 4.39 Å². The second-order valence-electron chi connectivity index (χ2n) is 8.76. The fourth-order valence-electron chi connectivity index (χ4n) is 5.29. The van der Waals surface area contributed by atoms with Crippen molar-refractivity contribution < 1.29 is 4.39 Å². The van der Waals surface area contributed by atoms with Gasteiger partial charge in [-0.15, -0.1) is 0 Å². The number of benzene rings is 1. The van der Waals surface area contributed by atoms with E-state index in [2.05, 4.69) is 25.5 Å². The van der Waals surface area contributed by atoms with Crippen molar-refractivity contribution in [2.45, 2.75) is 31.3 Å². The molecule has 0 radical (unpaired) electrons. The van der Waals surface area contributed by atoms with Crippen LogP contribution in [0, 0.1) is 11.7 Å². The number of pyridine rings is 1. The predicted octanol–water partition coefficient (Wildman–Crippen LogP) is 3.75. The van der Waals surface area contributed by atoms with Crippen molar-refractivity contribution in [2.75, 3.05) is 29.1 Å². The first-order valence-electron chi connectivity index (χ1n) is 11.0. The summed E-state index contributed by atoms with van der Waals surface area (Å²) in [6, 6.07) is 7.37. The van der Waals surface area contributed by atoms with Crippen LogP contribution in [0.1, 0.15) is 19.3 Å². The van der Waals surface area contributed by atoms with Crippen LogP contribution in [0.2, 0.25) is 0 Å². The van der Waals surface area contributed by atoms with Crippen molar-refractivity contribution in [3.05, 3.63) is 42.5 Å². The van der Waals surface area contributed by atoms with Crippen molar-refractivity contribution in [1.82, 2.24) is 19.9 Å². The lowest BCUT2D eigenvalue weighted by atomic mass is 9.76. The van der Waals surface area contributed by atoms with E-state index in [1.54, 1.807) is 25.5 Å². The molecule has 1 aromatic carbocycles. The molecule has 0 spiro atoms. The van der Waals surface area contributed by atoms with E-state index >= 15 is 0 Å². The minimum Gasteiger partial charge on any atom is -0.386 e. The Labute approximate surface area is 184 Å². The Kier molecular flexibility index (Phi) is 4.39. The molecule has 5 N–H and O–H groups in total. The van der Waals surface area contributed by atoms with Crippen LogP contribution in [0.15, 0.2) is 36.7 Å². The average Bonchev–Trinajstić information content (AvgIpc) is 3.17. The lowest BCUT2D eigenvalue weighted by molar-refractivity contribution is 0.216. The van der Waals surface area contributed by atoms with Gasteiger partial charge in [0.15, 0.2) is 0 Å². The van der Waals surface area contributed by atoms with Gasteiger partial charge < -0.3 is 26.3 Å². The number of hydrogen-bond donors (Lipinski definition) is 4. The number of halogens is 1. The third kappa shape index (κ3) is 3.03. The number of piperidine rings is 2. The molecular formula is C23H25FN8. The van der Waals surface area contributed by atoms with Crippen LogP contribution in [-0.2, 0) is 0 Å². The van der Waals surface area contributed by atoms with Crippen LogP contribution in [-0.4, -0.2) is 45.6 Å². The van der Waals surface area contributed by atoms with E-state index in [1.807, 2.05) is 12.1 Å². The van der Waals surface area contributed by atoms with Crippen LogP contribution in [0.25, 0.3) is 21.9 Å². The number of anilines is 4. The van der Waals surface area contributed by atoms with E-state index in [-0.39, 0.29) is 11.9 Å². The predicted molar refractivity (Wildman–Crippen MR) is 125 cm³/mol. The van der Waals surface area contributed by atoms with Crippen LogP contribution < -0.4 is 21.3 Å². The summed E-state index contributed by atoms with van der Waals surface area (Å²) in [5.41, 5.74) is 9.37. The van der Waals surface area contributed by atoms with Crippen LogP contribution in [0.3, 0.4) is 0 Å². The molecule has 2 aliphatic heterocycles. The summed E-state index contributed by atoms with van der Waals surface area (Å²) < 4.78 is 14.5. The summed E-state index contributed by atoms with van der Waals surface area (Å²) >= 11 is 0. The Morgan fingerprint density at radius 3 is 2.88 bits per heavy atom. The standard InChI is InChI=1S/C23H25FN8/c1-26-18-8-13(24)7-16-19-21(29-20(16)18)30-23(28-14-3-2-6-27-10-14)31-22(19)32-11-12-4-5-15(32)9-17(12)25/h2-3,6-8,10,12,15,17,26H,4-5,9,11,25H2,1H3,(H2,28,29,30,31)/t12?,15?,17-/m1/s1. The third-order valence-corrected chi connectivity index (χ3v) is 6.86. The van der Waals surface area contributed by atoms with E-state index < -0.39 is 0 Å². The molecule has 7 rings (SSSR count). The number of aromatic nitrogens is 4. The maximum atomic E-state index is 14.5. The lowest BCUT2D eigenvalue weighted by Crippen LogP contribution is -2.57. The zero-order chi connectivity index (χ0) is 21.8. The summed E-state index contributed by atoms with van der Waals surface area (Å²) in [7, 11) is 1.78. The molecule has 164 valence electrons. The van der Waals surface area contributed by atoms with E-state index in [0.29, 0.717) is 29.2 Å². The average molecular weight is 433 g/mol. The van der Waals surface area contributed by atoms with Gasteiger partial charge in [-0.25, -0.2) is 4.39 Å². The second kappa shape index (κ2) is 7.30. The highest BCUT2D eigenvalue weighted by Crippen LogP contribution is 2.42. The first-order valence-corrected chi connectivity index (χ1v) is 11.0. The summed E-state index contributed by atoms with van der Waals surface area (Å²) in [5.74, 6) is 1.44. The normalized spacial score (nSPS) is 22.6. The zero-order valence-corrected chi connectivity index (χ0v) is 17.8. The molecule has 2 unspecified atom stereocenters. The smallest absolute Gasteiger partial charge is 0.231 e. The monoisotopic (exact) mass is 432 g/mol. The summed E-state index contributed by atoms with van der Waals surface area (Å²) in [6.45, 7) is 0.852. The maximum Gasteiger partial charge on any atom is 0.231 e. The van der Waals surface area contributed by atoms with Gasteiger partial charge >= 0.3 is 0 Å². The molecule has 4 aromatic rings. The number of nitrogens with two attached hydrogens (primary N) is 1. The largest absolute Gasteiger partial charge is 0.386 e. The number of nitrogens with one attached hydrogen (secondary N) is 3. The SMILES string of the molecule is CNc1cc(F)cc2c1[nH]c1nc(Nc3cccnc3)nc(N3CC4CCC3C[C@H]4N)c12. The molecule has 9 heteroatoms. The number of hydrogen-bond acceptors (Lipinski definition) is 7. The van der Waals surface area contributed by atoms with Crippen LogP contribution in [0.4, 0.5) is 27.5 Å². The second-order valence-corrected chi connectivity index (χ2v) is 8.76. The summed E-state index contributed by atoms with van der Waals surface area (Å²) in [6.07, 6.45) is 6.63. The van der Waals surface area contributed by atoms with Crippen LogP contribution in [0.5, 0.6) is 0 Å². The van der Waals surface area contributed by atoms with Gasteiger partial charge in [0.25, 0.3) is 0 Å². The number of nitrogens with zero attached hydrogens (tertiary/aromatic N) is 4. The van der Waals surface area contributed by atoms with Crippen molar-refractivity contribution in [3.8, 4) is 0 Å². The third-order valence-electron chi connectivity index (χ3n) is 6.86. The highest BCUT2D eigenvalue weighted by molar-refractivity contribution is 6.14. The molecule has 1 aliphatic carbocycles. The van der Waals surface area contributed by atoms with Gasteiger partial charge in [0.1, 0.15) is 17.3 Å².